The van der Waals surface area contributed by atoms with Crippen LogP contribution < -0.4 is 0 Å². The molecule has 0 radical (unpaired) electrons. The minimum absolute atomic E-state index is 0.0232. The third-order valence-corrected chi connectivity index (χ3v) is 2.86. The van der Waals surface area contributed by atoms with E-state index in [1.165, 1.54) is 0 Å². The van der Waals surface area contributed by atoms with Gasteiger partial charge in [-0.05, 0) is 24.5 Å². The second-order valence-corrected chi connectivity index (χ2v) is 5.36. The Hall–Kier alpha value is -1.91. The molecule has 1 heterocycles. The number of carbonyl (C=O) groups excluding carboxylic acids is 1. The Morgan fingerprint density at radius 3 is 2.55 bits per heavy atom. The van der Waals surface area contributed by atoms with E-state index in [1.54, 1.807) is 11.1 Å². The molecular weight excluding hydrogens is 256 g/mol. The van der Waals surface area contributed by atoms with Crippen LogP contribution in [0.5, 0.6) is 0 Å². The number of hydrogen-bond donors (Lipinski definition) is 1. The molecule has 1 aromatic heterocycles. The summed E-state index contributed by atoms with van der Waals surface area (Å²) in [5.41, 5.74) is 1.76. The molecule has 0 aromatic carbocycles. The van der Waals surface area contributed by atoms with E-state index in [2.05, 4.69) is 4.98 Å². The number of amides is 1. The Balaban J connectivity index is 2.66. The van der Waals surface area contributed by atoms with Crippen molar-refractivity contribution in [3.63, 3.8) is 0 Å². The highest BCUT2D eigenvalue weighted by molar-refractivity contribution is 5.79. The molecule has 0 saturated heterocycles. The zero-order valence-corrected chi connectivity index (χ0v) is 12.3. The van der Waals surface area contributed by atoms with Crippen LogP contribution in [0.3, 0.4) is 0 Å². The number of hydrogen-bond acceptors (Lipinski definition) is 3. The minimum atomic E-state index is -0.886. The van der Waals surface area contributed by atoms with Crippen LogP contribution in [0.2, 0.25) is 0 Å². The van der Waals surface area contributed by atoms with Gasteiger partial charge in [0.05, 0.1) is 12.8 Å². The smallest absolute Gasteiger partial charge is 0.305 e. The summed E-state index contributed by atoms with van der Waals surface area (Å²) >= 11 is 0. The Kier molecular flexibility index (Phi) is 6.15. The molecule has 110 valence electrons. The second-order valence-electron chi connectivity index (χ2n) is 5.36. The van der Waals surface area contributed by atoms with Gasteiger partial charge in [-0.3, -0.25) is 14.6 Å². The standard InChI is InChI=1S/C15H22N2O3/c1-11(2)10-17(7-6-15(19)20)14(18)8-13-5-4-12(3)16-9-13/h4-5,9,11H,6-8,10H2,1-3H3,(H,19,20). The molecule has 1 aromatic rings. The van der Waals surface area contributed by atoms with E-state index in [9.17, 15) is 9.59 Å². The van der Waals surface area contributed by atoms with E-state index in [0.29, 0.717) is 12.5 Å². The van der Waals surface area contributed by atoms with Crippen LogP contribution in [0, 0.1) is 12.8 Å². The molecule has 0 atom stereocenters. The van der Waals surface area contributed by atoms with Crippen molar-refractivity contribution in [1.82, 2.24) is 9.88 Å². The quantitative estimate of drug-likeness (QED) is 0.827. The lowest BCUT2D eigenvalue weighted by atomic mass is 10.1. The van der Waals surface area contributed by atoms with Crippen molar-refractivity contribution in [2.75, 3.05) is 13.1 Å². The number of nitrogens with zero attached hydrogens (tertiary/aromatic N) is 2. The van der Waals surface area contributed by atoms with Crippen LogP contribution in [0.25, 0.3) is 0 Å². The number of pyridine rings is 1. The molecule has 0 saturated carbocycles. The Bertz CT molecular complexity index is 455. The van der Waals surface area contributed by atoms with Gasteiger partial charge in [-0.1, -0.05) is 19.9 Å². The maximum Gasteiger partial charge on any atom is 0.305 e. The molecule has 20 heavy (non-hydrogen) atoms. The SMILES string of the molecule is Cc1ccc(CC(=O)N(CCC(=O)O)CC(C)C)cn1. The lowest BCUT2D eigenvalue weighted by Gasteiger charge is -2.24. The molecule has 0 aliphatic heterocycles. The number of rotatable bonds is 7. The minimum Gasteiger partial charge on any atom is -0.481 e. The van der Waals surface area contributed by atoms with E-state index in [4.69, 9.17) is 5.11 Å². The van der Waals surface area contributed by atoms with Gasteiger partial charge in [0, 0.05) is 25.0 Å². The van der Waals surface area contributed by atoms with Gasteiger partial charge in [0.2, 0.25) is 5.91 Å². The van der Waals surface area contributed by atoms with Crippen LogP contribution >= 0.6 is 0 Å². The van der Waals surface area contributed by atoms with Crippen molar-refractivity contribution in [3.05, 3.63) is 29.6 Å². The molecule has 0 fully saturated rings. The Morgan fingerprint density at radius 1 is 1.35 bits per heavy atom. The van der Waals surface area contributed by atoms with Gasteiger partial charge in [-0.25, -0.2) is 0 Å². The average Bonchev–Trinajstić information content (AvgIpc) is 2.36. The summed E-state index contributed by atoms with van der Waals surface area (Å²) in [4.78, 5) is 28.7. The van der Waals surface area contributed by atoms with Crippen LogP contribution in [-0.4, -0.2) is 40.0 Å². The van der Waals surface area contributed by atoms with Gasteiger partial charge in [-0.15, -0.1) is 0 Å². The molecule has 0 aliphatic carbocycles. The predicted molar refractivity (Wildman–Crippen MR) is 76.3 cm³/mol. The maximum absolute atomic E-state index is 12.3. The summed E-state index contributed by atoms with van der Waals surface area (Å²) in [6, 6.07) is 3.75. The summed E-state index contributed by atoms with van der Waals surface area (Å²) in [5.74, 6) is -0.627. The highest BCUT2D eigenvalue weighted by Crippen LogP contribution is 2.07. The summed E-state index contributed by atoms with van der Waals surface area (Å²) < 4.78 is 0. The highest BCUT2D eigenvalue weighted by Gasteiger charge is 2.16. The van der Waals surface area contributed by atoms with Crippen molar-refractivity contribution in [2.45, 2.75) is 33.6 Å². The van der Waals surface area contributed by atoms with Crippen molar-refractivity contribution < 1.29 is 14.7 Å². The topological polar surface area (TPSA) is 70.5 Å². The fraction of sp³-hybridized carbons (Fsp3) is 0.533. The van der Waals surface area contributed by atoms with Gasteiger partial charge in [0.25, 0.3) is 0 Å². The molecular formula is C15H22N2O3. The molecule has 1 N–H and O–H groups in total. The first-order chi connectivity index (χ1) is 9.38. The number of aliphatic carboxylic acids is 1. The van der Waals surface area contributed by atoms with Gasteiger partial charge in [0.1, 0.15) is 0 Å². The average molecular weight is 278 g/mol. The number of aryl methyl sites for hydroxylation is 1. The molecule has 5 nitrogen and oxygen atoms in total. The third kappa shape index (κ3) is 5.82. The summed E-state index contributed by atoms with van der Waals surface area (Å²) in [7, 11) is 0. The normalized spacial score (nSPS) is 10.6. The lowest BCUT2D eigenvalue weighted by molar-refractivity contribution is -0.138. The number of aromatic nitrogens is 1. The van der Waals surface area contributed by atoms with Crippen LogP contribution in [0.1, 0.15) is 31.5 Å². The summed E-state index contributed by atoms with van der Waals surface area (Å²) in [6.07, 6.45) is 1.93. The van der Waals surface area contributed by atoms with Crippen molar-refractivity contribution in [1.29, 1.82) is 0 Å². The molecule has 1 amide bonds. The van der Waals surface area contributed by atoms with E-state index < -0.39 is 5.97 Å². The van der Waals surface area contributed by atoms with Crippen molar-refractivity contribution >= 4 is 11.9 Å². The fourth-order valence-corrected chi connectivity index (χ4v) is 1.88. The van der Waals surface area contributed by atoms with Gasteiger partial charge < -0.3 is 10.0 Å². The first-order valence-electron chi connectivity index (χ1n) is 6.79. The molecule has 0 unspecified atom stereocenters. The first-order valence-corrected chi connectivity index (χ1v) is 6.79. The monoisotopic (exact) mass is 278 g/mol. The predicted octanol–water partition coefficient (Wildman–Crippen LogP) is 1.89. The van der Waals surface area contributed by atoms with Gasteiger partial charge >= 0.3 is 5.97 Å². The van der Waals surface area contributed by atoms with Crippen LogP contribution in [0.4, 0.5) is 0 Å². The van der Waals surface area contributed by atoms with Crippen LogP contribution in [-0.2, 0) is 16.0 Å². The molecule has 0 aliphatic rings. The molecule has 5 heteroatoms. The van der Waals surface area contributed by atoms with E-state index in [1.807, 2.05) is 32.9 Å². The third-order valence-electron chi connectivity index (χ3n) is 2.86. The fourth-order valence-electron chi connectivity index (χ4n) is 1.88. The van der Waals surface area contributed by atoms with Crippen LogP contribution in [0.15, 0.2) is 18.3 Å². The van der Waals surface area contributed by atoms with Gasteiger partial charge in [-0.2, -0.15) is 0 Å². The zero-order chi connectivity index (χ0) is 15.1. The van der Waals surface area contributed by atoms with E-state index in [-0.39, 0.29) is 25.3 Å². The van der Waals surface area contributed by atoms with Crippen molar-refractivity contribution in [3.8, 4) is 0 Å². The zero-order valence-electron chi connectivity index (χ0n) is 12.3. The Morgan fingerprint density at radius 2 is 2.05 bits per heavy atom. The summed E-state index contributed by atoms with van der Waals surface area (Å²) in [5, 5.41) is 8.75. The first kappa shape index (κ1) is 16.1. The summed E-state index contributed by atoms with van der Waals surface area (Å²) in [6.45, 7) is 6.74. The van der Waals surface area contributed by atoms with Crippen molar-refractivity contribution in [2.24, 2.45) is 5.92 Å². The second kappa shape index (κ2) is 7.62. The van der Waals surface area contributed by atoms with E-state index >= 15 is 0 Å². The molecule has 0 bridgehead atoms. The molecule has 1 rings (SSSR count). The number of carboxylic acids is 1. The Labute approximate surface area is 119 Å². The maximum atomic E-state index is 12.3. The lowest BCUT2D eigenvalue weighted by Crippen LogP contribution is -2.37. The van der Waals surface area contributed by atoms with E-state index in [0.717, 1.165) is 11.3 Å². The number of carboxylic acid groups (broad SMARTS) is 1. The largest absolute Gasteiger partial charge is 0.481 e. The highest BCUT2D eigenvalue weighted by atomic mass is 16.4. The molecule has 0 spiro atoms. The number of carbonyl (C=O) groups is 2. The van der Waals surface area contributed by atoms with Gasteiger partial charge in [0.15, 0.2) is 0 Å².